The van der Waals surface area contributed by atoms with Crippen molar-refractivity contribution in [2.24, 2.45) is 51.8 Å². The highest BCUT2D eigenvalue weighted by molar-refractivity contribution is 5.65. The number of aliphatic hydroxyl groups is 2. The zero-order valence-corrected chi connectivity index (χ0v) is 23.5. The summed E-state index contributed by atoms with van der Waals surface area (Å²) in [5, 5.41) is 17.6. The lowest BCUT2D eigenvalue weighted by molar-refractivity contribution is -0.198. The molecule has 5 aliphatic rings. The Balaban J connectivity index is 0.000000638. The lowest BCUT2D eigenvalue weighted by atomic mass is 9.37. The molecule has 0 heterocycles. The summed E-state index contributed by atoms with van der Waals surface area (Å²) in [6.45, 7) is 15.1. The molecule has 0 bridgehead atoms. The first-order valence-electron chi connectivity index (χ1n) is 14.5. The fourth-order valence-electron chi connectivity index (χ4n) is 10.5. The van der Waals surface area contributed by atoms with Gasteiger partial charge in [-0.05, 0) is 117 Å². The van der Waals surface area contributed by atoms with Crippen LogP contribution < -0.4 is 0 Å². The van der Waals surface area contributed by atoms with Gasteiger partial charge in [0.2, 0.25) is 0 Å². The highest BCUT2D eigenvalue weighted by Gasteiger charge is 2.64. The lowest BCUT2D eigenvalue weighted by Gasteiger charge is -2.67. The summed E-state index contributed by atoms with van der Waals surface area (Å²) in [7, 11) is 1.00. The minimum absolute atomic E-state index is 0.0844. The van der Waals surface area contributed by atoms with Crippen molar-refractivity contribution in [1.82, 2.24) is 0 Å². The first-order valence-corrected chi connectivity index (χ1v) is 14.5. The number of hydrogen-bond donors (Lipinski definition) is 2. The summed E-state index contributed by atoms with van der Waals surface area (Å²) < 4.78 is 5.64. The van der Waals surface area contributed by atoms with Crippen molar-refractivity contribution in [2.45, 2.75) is 111 Å². The van der Waals surface area contributed by atoms with E-state index in [1.54, 1.807) is 13.0 Å². The molecule has 0 aromatic carbocycles. The first kappa shape index (κ1) is 28.7. The number of ether oxygens (including phenoxy) is 1. The molecule has 4 nitrogen and oxygen atoms in total. The minimum atomic E-state index is -0.104. The molecule has 5 fully saturated rings. The number of fused-ring (bicyclic) bond motifs is 7. The van der Waals surface area contributed by atoms with Crippen LogP contribution in [0.4, 0.5) is 0 Å². The Bertz CT molecular complexity index is 735. The van der Waals surface area contributed by atoms with Crippen LogP contribution in [0.15, 0.2) is 12.7 Å². The van der Waals surface area contributed by atoms with E-state index in [4.69, 9.17) is 9.84 Å². The van der Waals surface area contributed by atoms with Gasteiger partial charge in [0.1, 0.15) is 0 Å². The number of carbonyl (C=O) groups excluding carboxylic acids is 1. The summed E-state index contributed by atoms with van der Waals surface area (Å²) in [6.07, 6.45) is 15.9. The molecule has 10 atom stereocenters. The van der Waals surface area contributed by atoms with Gasteiger partial charge in [0.05, 0.1) is 12.7 Å². The maximum atomic E-state index is 11.6. The number of esters is 1. The van der Waals surface area contributed by atoms with Crippen molar-refractivity contribution in [3.8, 4) is 0 Å². The molecule has 0 aliphatic heterocycles. The second-order valence-electron chi connectivity index (χ2n) is 13.1. The maximum absolute atomic E-state index is 11.6. The van der Waals surface area contributed by atoms with Crippen molar-refractivity contribution in [2.75, 3.05) is 13.7 Å². The Kier molecular flexibility index (Phi) is 9.23. The highest BCUT2D eigenvalue weighted by atomic mass is 16.5. The van der Waals surface area contributed by atoms with Gasteiger partial charge < -0.3 is 14.9 Å². The molecule has 0 radical (unpaired) electrons. The van der Waals surface area contributed by atoms with Gasteiger partial charge in [-0.1, -0.05) is 33.3 Å². The molecule has 10 unspecified atom stereocenters. The summed E-state index contributed by atoms with van der Waals surface area (Å²) in [5.41, 5.74) is 1.16. The summed E-state index contributed by atoms with van der Waals surface area (Å²) >= 11 is 0. The Hall–Kier alpha value is -0.870. The second-order valence-corrected chi connectivity index (χ2v) is 13.1. The van der Waals surface area contributed by atoms with Crippen molar-refractivity contribution in [3.63, 3.8) is 0 Å². The molecule has 5 saturated carbocycles. The third-order valence-electron chi connectivity index (χ3n) is 11.8. The molecule has 35 heavy (non-hydrogen) atoms. The van der Waals surface area contributed by atoms with Crippen molar-refractivity contribution in [3.05, 3.63) is 12.7 Å². The number of carbonyl (C=O) groups is 1. The molecular formula is C31H54O4. The highest BCUT2D eigenvalue weighted by Crippen LogP contribution is 2.71. The normalized spacial score (nSPS) is 47.7. The van der Waals surface area contributed by atoms with Crippen LogP contribution in [0, 0.1) is 51.8 Å². The molecule has 0 aromatic heterocycles. The average molecular weight is 491 g/mol. The van der Waals surface area contributed by atoms with E-state index >= 15 is 0 Å². The molecule has 5 aliphatic carbocycles. The topological polar surface area (TPSA) is 66.8 Å². The van der Waals surface area contributed by atoms with Gasteiger partial charge in [0, 0.05) is 19.4 Å². The zero-order chi connectivity index (χ0) is 26.0. The third-order valence-corrected chi connectivity index (χ3v) is 11.8. The Morgan fingerprint density at radius 2 is 1.54 bits per heavy atom. The van der Waals surface area contributed by atoms with Crippen LogP contribution in [-0.4, -0.2) is 36.0 Å². The second kappa shape index (κ2) is 11.3. The molecule has 0 amide bonds. The van der Waals surface area contributed by atoms with E-state index in [2.05, 4.69) is 27.4 Å². The van der Waals surface area contributed by atoms with Crippen LogP contribution >= 0.6 is 0 Å². The molecule has 0 spiro atoms. The Morgan fingerprint density at radius 1 is 0.943 bits per heavy atom. The monoisotopic (exact) mass is 490 g/mol. The summed E-state index contributed by atoms with van der Waals surface area (Å²) in [5.74, 6) is 4.34. The van der Waals surface area contributed by atoms with E-state index in [1.165, 1.54) is 64.2 Å². The van der Waals surface area contributed by atoms with Gasteiger partial charge in [0.25, 0.3) is 0 Å². The van der Waals surface area contributed by atoms with Gasteiger partial charge in [0.15, 0.2) is 0 Å². The molecule has 202 valence electrons. The van der Waals surface area contributed by atoms with Crippen LogP contribution in [0.2, 0.25) is 0 Å². The van der Waals surface area contributed by atoms with Gasteiger partial charge in [-0.2, -0.15) is 0 Å². The standard InChI is InChI=1S/C27H44O3.C3H6.CH4O/c1-17-20-9-13-26(4)21-10-15-27(16-30-18(2)28)12-5-6-22(27)19(21)7-8-24(26)25(20,3)14-11-23(17)29;1-3-2;1-2/h17,19-24,29H,5-16H2,1-4H3;3H,1H2,2H3;2H,1H3. The summed E-state index contributed by atoms with van der Waals surface area (Å²) in [6, 6.07) is 0. The number of aliphatic hydroxyl groups excluding tert-OH is 2. The molecule has 0 saturated heterocycles. The van der Waals surface area contributed by atoms with E-state index in [9.17, 15) is 9.90 Å². The lowest BCUT2D eigenvalue weighted by Crippen LogP contribution is -2.61. The van der Waals surface area contributed by atoms with E-state index in [1.807, 2.05) is 6.92 Å². The van der Waals surface area contributed by atoms with E-state index in [0.717, 1.165) is 37.2 Å². The SMILES string of the molecule is C=CC.CC(=O)OCC12CCCC1C1CCC3C4(C)CCC(O)C(C)C4CCC3(C)C1CC2.CO. The van der Waals surface area contributed by atoms with Gasteiger partial charge in [-0.3, -0.25) is 4.79 Å². The summed E-state index contributed by atoms with van der Waals surface area (Å²) in [4.78, 5) is 11.6. The molecule has 0 aromatic rings. The third kappa shape index (κ3) is 4.88. The van der Waals surface area contributed by atoms with Crippen LogP contribution in [0.25, 0.3) is 0 Å². The molecule has 5 rings (SSSR count). The number of rotatable bonds is 2. The van der Waals surface area contributed by atoms with E-state index in [-0.39, 0.29) is 17.5 Å². The van der Waals surface area contributed by atoms with Gasteiger partial charge in [-0.25, -0.2) is 0 Å². The zero-order valence-electron chi connectivity index (χ0n) is 23.5. The number of hydrogen-bond acceptors (Lipinski definition) is 4. The van der Waals surface area contributed by atoms with Crippen molar-refractivity contribution < 1.29 is 19.7 Å². The van der Waals surface area contributed by atoms with Crippen LogP contribution in [0.1, 0.15) is 105 Å². The Morgan fingerprint density at radius 3 is 2.20 bits per heavy atom. The van der Waals surface area contributed by atoms with Gasteiger partial charge >= 0.3 is 5.97 Å². The number of allylic oxidation sites excluding steroid dienone is 1. The molecular weight excluding hydrogens is 436 g/mol. The van der Waals surface area contributed by atoms with Crippen LogP contribution in [-0.2, 0) is 9.53 Å². The van der Waals surface area contributed by atoms with Crippen molar-refractivity contribution >= 4 is 5.97 Å². The van der Waals surface area contributed by atoms with E-state index in [0.29, 0.717) is 29.3 Å². The predicted molar refractivity (Wildman–Crippen MR) is 143 cm³/mol. The minimum Gasteiger partial charge on any atom is -0.465 e. The average Bonchev–Trinajstić information content (AvgIpc) is 3.27. The van der Waals surface area contributed by atoms with E-state index < -0.39 is 0 Å². The largest absolute Gasteiger partial charge is 0.465 e. The van der Waals surface area contributed by atoms with Crippen LogP contribution in [0.3, 0.4) is 0 Å². The Labute approximate surface area is 215 Å². The smallest absolute Gasteiger partial charge is 0.302 e. The first-order chi connectivity index (χ1) is 16.6. The molecule has 2 N–H and O–H groups in total. The maximum Gasteiger partial charge on any atom is 0.302 e. The fraction of sp³-hybridized carbons (Fsp3) is 0.903. The predicted octanol–water partition coefficient (Wildman–Crippen LogP) is 6.79. The van der Waals surface area contributed by atoms with Crippen molar-refractivity contribution in [1.29, 1.82) is 0 Å². The van der Waals surface area contributed by atoms with Gasteiger partial charge in [-0.15, -0.1) is 6.58 Å². The quantitative estimate of drug-likeness (QED) is 0.330. The van der Waals surface area contributed by atoms with Crippen LogP contribution in [0.5, 0.6) is 0 Å². The molecule has 4 heteroatoms. The fourth-order valence-corrected chi connectivity index (χ4v) is 10.5.